The monoisotopic (exact) mass is 690 g/mol. The van der Waals surface area contributed by atoms with E-state index in [4.69, 9.17) is 16.3 Å². The number of aromatic nitrogens is 1. The van der Waals surface area contributed by atoms with Crippen molar-refractivity contribution in [3.05, 3.63) is 118 Å². The summed E-state index contributed by atoms with van der Waals surface area (Å²) in [5, 5.41) is 24.2. The molecule has 1 N–H and O–H groups in total. The molecule has 3 fully saturated rings. The molecule has 4 aliphatic rings. The molecule has 7 atom stereocenters. The van der Waals surface area contributed by atoms with Gasteiger partial charge in [-0.15, -0.1) is 11.8 Å². The molecule has 8 rings (SSSR count). The lowest BCUT2D eigenvalue weighted by Crippen LogP contribution is -2.42. The Balaban J connectivity index is 1.20. The molecule has 47 heavy (non-hydrogen) atoms. The van der Waals surface area contributed by atoms with Gasteiger partial charge in [-0.2, -0.15) is 0 Å². The molecule has 1 saturated heterocycles. The summed E-state index contributed by atoms with van der Waals surface area (Å²) in [5.74, 6) is -2.65. The molecule has 0 spiro atoms. The van der Waals surface area contributed by atoms with Crippen LogP contribution in [0.4, 0.5) is 17.1 Å². The van der Waals surface area contributed by atoms with Gasteiger partial charge in [-0.05, 0) is 60.1 Å². The number of H-pyrrole nitrogens is 1. The lowest BCUT2D eigenvalue weighted by atomic mass is 9.68. The van der Waals surface area contributed by atoms with Crippen molar-refractivity contribution in [3.63, 3.8) is 0 Å². The first-order valence-electron chi connectivity index (χ1n) is 14.8. The Kier molecular flexibility index (Phi) is 7.00. The van der Waals surface area contributed by atoms with E-state index in [9.17, 15) is 34.6 Å². The molecule has 1 aromatic heterocycles. The number of imide groups is 1. The van der Waals surface area contributed by atoms with Crippen molar-refractivity contribution >= 4 is 63.6 Å². The van der Waals surface area contributed by atoms with E-state index in [0.29, 0.717) is 27.8 Å². The molecular weight excluding hydrogens is 668 g/mol. The molecule has 5 unspecified atom stereocenters. The summed E-state index contributed by atoms with van der Waals surface area (Å²) in [6, 6.07) is 17.0. The minimum absolute atomic E-state index is 0.133. The first kappa shape index (κ1) is 29.8. The van der Waals surface area contributed by atoms with Crippen LogP contribution in [0.25, 0.3) is 0 Å². The van der Waals surface area contributed by atoms with E-state index in [1.807, 2.05) is 6.07 Å². The lowest BCUT2D eigenvalue weighted by molar-refractivity contribution is -0.385. The van der Waals surface area contributed by atoms with Gasteiger partial charge in [0.05, 0.1) is 32.4 Å². The number of halogens is 1. The Hall–Kier alpha value is -4.53. The summed E-state index contributed by atoms with van der Waals surface area (Å²) < 4.78 is 6.29. The van der Waals surface area contributed by atoms with Gasteiger partial charge in [0.2, 0.25) is 11.8 Å². The molecule has 2 saturated carbocycles. The number of carbonyl (C=O) groups is 2. The fraction of sp³-hybridized carbons (Fsp3) is 0.281. The molecule has 238 valence electrons. The molecule has 0 radical (unpaired) electrons. The Bertz CT molecular complexity index is 2070. The smallest absolute Gasteiger partial charge is 0.305 e. The summed E-state index contributed by atoms with van der Waals surface area (Å²) in [6.45, 7) is 0.144. The SMILES string of the molecule is O=C1C2C(C(=O)N1c1ccc([N+](=O)[O-])cc1)[C@@H]1C[C@H]2C2Sc3[nH]c(=O)sc3C(c3cc([N+](=O)[O-])ccc3OCc3cccc(Cl)c3)C21. The van der Waals surface area contributed by atoms with E-state index in [1.54, 1.807) is 24.3 Å². The van der Waals surface area contributed by atoms with Crippen LogP contribution in [0, 0.1) is 49.8 Å². The normalized spacial score (nSPS) is 27.0. The number of thiazole rings is 1. The molecule has 15 heteroatoms. The summed E-state index contributed by atoms with van der Waals surface area (Å²) in [5.41, 5.74) is 1.34. The predicted molar refractivity (Wildman–Crippen MR) is 173 cm³/mol. The van der Waals surface area contributed by atoms with E-state index in [0.717, 1.165) is 26.7 Å². The van der Waals surface area contributed by atoms with E-state index in [2.05, 4.69) is 4.98 Å². The minimum Gasteiger partial charge on any atom is -0.489 e. The van der Waals surface area contributed by atoms with Crippen LogP contribution in [0.2, 0.25) is 5.02 Å². The Morgan fingerprint density at radius 2 is 1.62 bits per heavy atom. The molecule has 12 nitrogen and oxygen atoms in total. The number of amides is 2. The van der Waals surface area contributed by atoms with E-state index >= 15 is 0 Å². The number of benzene rings is 3. The van der Waals surface area contributed by atoms with Crippen molar-refractivity contribution in [2.75, 3.05) is 4.90 Å². The van der Waals surface area contributed by atoms with E-state index in [-0.39, 0.29) is 63.4 Å². The summed E-state index contributed by atoms with van der Waals surface area (Å²) in [6.07, 6.45) is 0.618. The number of ether oxygens (including phenoxy) is 1. The second kappa shape index (κ2) is 11.0. The van der Waals surface area contributed by atoms with Crippen LogP contribution in [-0.2, 0) is 16.2 Å². The van der Waals surface area contributed by atoms with Gasteiger partial charge in [0.1, 0.15) is 12.4 Å². The highest BCUT2D eigenvalue weighted by atomic mass is 35.5. The number of nitrogens with one attached hydrogen (secondary N) is 1. The molecule has 2 aliphatic carbocycles. The van der Waals surface area contributed by atoms with Gasteiger partial charge >= 0.3 is 4.87 Å². The molecule has 2 aliphatic heterocycles. The number of thioether (sulfide) groups is 1. The van der Waals surface area contributed by atoms with Gasteiger partial charge in [-0.3, -0.25) is 39.5 Å². The molecule has 2 bridgehead atoms. The first-order chi connectivity index (χ1) is 22.6. The van der Waals surface area contributed by atoms with Crippen LogP contribution in [0.5, 0.6) is 5.75 Å². The summed E-state index contributed by atoms with van der Waals surface area (Å²) >= 11 is 8.72. The maximum atomic E-state index is 14.1. The fourth-order valence-electron chi connectivity index (χ4n) is 8.15. The quantitative estimate of drug-likeness (QED) is 0.136. The van der Waals surface area contributed by atoms with Gasteiger partial charge in [-0.1, -0.05) is 35.1 Å². The first-order valence-corrected chi connectivity index (χ1v) is 16.9. The molecule has 3 aromatic carbocycles. The maximum absolute atomic E-state index is 14.1. The number of aromatic amines is 1. The average molecular weight is 691 g/mol. The van der Waals surface area contributed by atoms with Crippen LogP contribution in [0.1, 0.15) is 28.3 Å². The standard InChI is InChI=1S/C32H23ClN4O8S2/c33-15-3-1-2-14(10-15)13-45-22-9-8-18(37(43)44)11-19(22)23-24-20-12-21(27(24)46-29-28(23)47-32(40)34-29)26-25(20)30(38)35(31(26)39)16-4-6-17(7-5-16)36(41)42/h1-11,20-21,23-27H,12-13H2,(H,34,40)/t20-,21-,23?,24?,25?,26?,27?/m1/s1. The number of nitro benzene ring substituents is 2. The topological polar surface area (TPSA) is 166 Å². The van der Waals surface area contributed by atoms with Gasteiger partial charge in [0, 0.05) is 50.9 Å². The third kappa shape index (κ3) is 4.68. The minimum atomic E-state index is -0.626. The van der Waals surface area contributed by atoms with Crippen LogP contribution >= 0.6 is 34.7 Å². The number of rotatable bonds is 7. The number of hydrogen-bond donors (Lipinski definition) is 1. The number of fused-ring (bicyclic) bond motifs is 9. The summed E-state index contributed by atoms with van der Waals surface area (Å²) in [7, 11) is 0. The van der Waals surface area contributed by atoms with Crippen LogP contribution < -0.4 is 14.5 Å². The highest BCUT2D eigenvalue weighted by Crippen LogP contribution is 2.69. The van der Waals surface area contributed by atoms with Crippen molar-refractivity contribution in [1.29, 1.82) is 0 Å². The zero-order valence-corrected chi connectivity index (χ0v) is 26.5. The number of anilines is 1. The zero-order valence-electron chi connectivity index (χ0n) is 24.1. The largest absolute Gasteiger partial charge is 0.489 e. The highest BCUT2D eigenvalue weighted by molar-refractivity contribution is 8.00. The number of non-ortho nitro benzene ring substituents is 2. The van der Waals surface area contributed by atoms with E-state index < -0.39 is 27.6 Å². The fourth-order valence-corrected chi connectivity index (χ4v) is 11.2. The summed E-state index contributed by atoms with van der Waals surface area (Å²) in [4.78, 5) is 67.4. The van der Waals surface area contributed by atoms with Crippen molar-refractivity contribution in [2.24, 2.45) is 29.6 Å². The number of nitro groups is 2. The van der Waals surface area contributed by atoms with Crippen molar-refractivity contribution < 1.29 is 24.2 Å². The third-order valence-electron chi connectivity index (χ3n) is 9.87. The maximum Gasteiger partial charge on any atom is 0.305 e. The molecule has 4 aromatic rings. The molecule has 3 heterocycles. The van der Waals surface area contributed by atoms with Crippen molar-refractivity contribution in [3.8, 4) is 5.75 Å². The Labute approximate surface area is 279 Å². The van der Waals surface area contributed by atoms with Crippen LogP contribution in [0.3, 0.4) is 0 Å². The second-order valence-electron chi connectivity index (χ2n) is 12.1. The van der Waals surface area contributed by atoms with Crippen molar-refractivity contribution in [2.45, 2.75) is 29.2 Å². The second-order valence-corrected chi connectivity index (χ2v) is 14.8. The van der Waals surface area contributed by atoms with Gasteiger partial charge in [0.25, 0.3) is 11.4 Å². The van der Waals surface area contributed by atoms with Crippen molar-refractivity contribution in [1.82, 2.24) is 4.98 Å². The van der Waals surface area contributed by atoms with Crippen LogP contribution in [0.15, 0.2) is 76.6 Å². The zero-order chi connectivity index (χ0) is 32.7. The predicted octanol–water partition coefficient (Wildman–Crippen LogP) is 6.16. The van der Waals surface area contributed by atoms with Gasteiger partial charge < -0.3 is 9.72 Å². The van der Waals surface area contributed by atoms with E-state index in [1.165, 1.54) is 48.2 Å². The Morgan fingerprint density at radius 3 is 2.32 bits per heavy atom. The third-order valence-corrected chi connectivity index (χ3v) is 12.7. The Morgan fingerprint density at radius 1 is 0.915 bits per heavy atom. The number of hydrogen-bond acceptors (Lipinski definition) is 10. The highest BCUT2D eigenvalue weighted by Gasteiger charge is 2.70. The lowest BCUT2D eigenvalue weighted by Gasteiger charge is -2.43. The number of carbonyl (C=O) groups excluding carboxylic acids is 2. The van der Waals surface area contributed by atoms with Gasteiger partial charge in [0.15, 0.2) is 0 Å². The number of nitrogens with zero attached hydrogens (tertiary/aromatic N) is 3. The molecule has 2 amide bonds. The average Bonchev–Trinajstić information content (AvgIpc) is 3.78. The molecular formula is C32H23ClN4O8S2. The van der Waals surface area contributed by atoms with Gasteiger partial charge in [-0.25, -0.2) is 0 Å². The van der Waals surface area contributed by atoms with Crippen LogP contribution in [-0.4, -0.2) is 31.9 Å².